The Morgan fingerprint density at radius 2 is 1.80 bits per heavy atom. The number of hydrogen-bond donors (Lipinski definition) is 0. The zero-order valence-electron chi connectivity index (χ0n) is 3.49. The van der Waals surface area contributed by atoms with E-state index in [1.807, 2.05) is 13.8 Å². The van der Waals surface area contributed by atoms with Gasteiger partial charge in [0.25, 0.3) is 0 Å². The summed E-state index contributed by atoms with van der Waals surface area (Å²) in [4.78, 5) is 0. The summed E-state index contributed by atoms with van der Waals surface area (Å²) in [5, 5.41) is 0. The normalized spacial score (nSPS) is 9.20. The van der Waals surface area contributed by atoms with Gasteiger partial charge in [-0.3, -0.25) is 0 Å². The van der Waals surface area contributed by atoms with Crippen molar-refractivity contribution in [1.82, 2.24) is 0 Å². The van der Waals surface area contributed by atoms with Gasteiger partial charge < -0.3 is 0 Å². The Morgan fingerprint density at radius 3 is 1.80 bits per heavy atom. The second-order valence-electron chi connectivity index (χ2n) is 1.17. The molecule has 0 aliphatic heterocycles. The van der Waals surface area contributed by atoms with E-state index in [0.29, 0.717) is 6.10 Å². The molecule has 0 spiro atoms. The molecule has 0 rings (SSSR count). The summed E-state index contributed by atoms with van der Waals surface area (Å²) in [6.45, 7) is 4.07. The summed E-state index contributed by atoms with van der Waals surface area (Å²) in [7, 11) is 0. The Labute approximate surface area is 47.9 Å². The maximum absolute atomic E-state index is 4.89. The van der Waals surface area contributed by atoms with Crippen molar-refractivity contribution in [3.8, 4) is 0 Å². The Bertz CT molecular complexity index is 20.9. The molecule has 0 heterocycles. The molecule has 0 saturated carbocycles. The van der Waals surface area contributed by atoms with E-state index in [2.05, 4.69) is 0 Å². The summed E-state index contributed by atoms with van der Waals surface area (Å²) in [6.07, 6.45) is 0.446. The standard InChI is InChI=1S/C3H7O.Hf/c1-3(2)4;/h3H,1-2H3;/q-1;+1. The van der Waals surface area contributed by atoms with E-state index in [9.17, 15) is 0 Å². The molecular formula is C3H7HfO. The molecule has 0 unspecified atom stereocenters. The van der Waals surface area contributed by atoms with Crippen LogP contribution in [0.1, 0.15) is 13.8 Å². The fourth-order valence-corrected chi connectivity index (χ4v) is 0. The van der Waals surface area contributed by atoms with Crippen LogP contribution in [0.5, 0.6) is 0 Å². The molecule has 0 bridgehead atoms. The Hall–Kier alpha value is 0.830. The predicted octanol–water partition coefficient (Wildman–Crippen LogP) is 0.873. The zero-order chi connectivity index (χ0) is 4.28. The van der Waals surface area contributed by atoms with Gasteiger partial charge in [-0.15, -0.1) is 0 Å². The van der Waals surface area contributed by atoms with Gasteiger partial charge in [0.2, 0.25) is 0 Å². The molecule has 0 aliphatic rings. The van der Waals surface area contributed by atoms with Crippen LogP contribution in [0.2, 0.25) is 0 Å². The molecule has 29 valence electrons. The molecule has 0 N–H and O–H groups in total. The van der Waals surface area contributed by atoms with Crippen molar-refractivity contribution in [3.63, 3.8) is 0 Å². The minimum absolute atomic E-state index is 0.446. The van der Waals surface area contributed by atoms with Crippen LogP contribution in [0, 0.1) is 0 Å². The third-order valence-corrected chi connectivity index (χ3v) is 1.93. The number of hydrogen-bond acceptors (Lipinski definition) is 1. The first-order valence-corrected chi connectivity index (χ1v) is 3.06. The quantitative estimate of drug-likeness (QED) is 0.615. The van der Waals surface area contributed by atoms with Gasteiger partial charge in [0, 0.05) is 0 Å². The number of rotatable bonds is 1. The van der Waals surface area contributed by atoms with Crippen molar-refractivity contribution in [2.45, 2.75) is 20.0 Å². The van der Waals surface area contributed by atoms with Crippen molar-refractivity contribution < 1.29 is 27.7 Å². The molecule has 0 aromatic rings. The van der Waals surface area contributed by atoms with Crippen LogP contribution in [0.3, 0.4) is 0 Å². The Balaban J connectivity index is 2.54. The van der Waals surface area contributed by atoms with Crippen LogP contribution in [-0.2, 0) is 27.7 Å². The molecule has 0 aromatic carbocycles. The van der Waals surface area contributed by atoms with Crippen molar-refractivity contribution in [2.24, 2.45) is 0 Å². The van der Waals surface area contributed by atoms with E-state index < -0.39 is 0 Å². The molecule has 5 heavy (non-hydrogen) atoms. The van der Waals surface area contributed by atoms with Crippen LogP contribution in [0.15, 0.2) is 0 Å². The van der Waals surface area contributed by atoms with E-state index in [1.54, 1.807) is 0 Å². The van der Waals surface area contributed by atoms with Crippen LogP contribution in [-0.4, -0.2) is 6.10 Å². The third-order valence-electron chi connectivity index (χ3n) is 0.236. The second kappa shape index (κ2) is 3.04. The van der Waals surface area contributed by atoms with Gasteiger partial charge in [0.05, 0.1) is 0 Å². The van der Waals surface area contributed by atoms with E-state index in [-0.39, 0.29) is 0 Å². The predicted molar refractivity (Wildman–Crippen MR) is 16.2 cm³/mol. The Kier molecular flexibility index (Phi) is 3.54. The average Bonchev–Trinajstić information content (AvgIpc) is 1.38. The van der Waals surface area contributed by atoms with Gasteiger partial charge in [-0.1, -0.05) is 0 Å². The fraction of sp³-hybridized carbons (Fsp3) is 1.00. The second-order valence-corrected chi connectivity index (χ2v) is 2.01. The molecule has 0 saturated heterocycles. The van der Waals surface area contributed by atoms with E-state index >= 15 is 0 Å². The van der Waals surface area contributed by atoms with Crippen LogP contribution in [0.25, 0.3) is 0 Å². The molecule has 0 atom stereocenters. The SMILES string of the molecule is CC(C)[O][Hf]. The van der Waals surface area contributed by atoms with Gasteiger partial charge in [-0.25, -0.2) is 0 Å². The zero-order valence-corrected chi connectivity index (χ0v) is 7.08. The molecule has 2 heteroatoms. The van der Waals surface area contributed by atoms with Gasteiger partial charge >= 0.3 is 47.6 Å². The minimum atomic E-state index is 0.446. The fourth-order valence-electron chi connectivity index (χ4n) is 0. The van der Waals surface area contributed by atoms with Crippen LogP contribution in [0.4, 0.5) is 0 Å². The topological polar surface area (TPSA) is 9.23 Å². The molecule has 0 fully saturated rings. The maximum atomic E-state index is 4.89. The summed E-state index contributed by atoms with van der Waals surface area (Å²) < 4.78 is 4.89. The monoisotopic (exact) mass is 239 g/mol. The summed E-state index contributed by atoms with van der Waals surface area (Å²) >= 11 is 0.873. The average molecular weight is 238 g/mol. The molecule has 0 amide bonds. The van der Waals surface area contributed by atoms with Crippen LogP contribution < -0.4 is 0 Å². The first-order valence-electron chi connectivity index (χ1n) is 1.59. The van der Waals surface area contributed by atoms with Crippen molar-refractivity contribution >= 4 is 0 Å². The van der Waals surface area contributed by atoms with Gasteiger partial charge in [-0.05, 0) is 0 Å². The van der Waals surface area contributed by atoms with Crippen molar-refractivity contribution in [1.29, 1.82) is 0 Å². The molecule has 1 nitrogen and oxygen atoms in total. The molecule has 0 aliphatic carbocycles. The van der Waals surface area contributed by atoms with E-state index in [0.717, 1.165) is 24.8 Å². The molecule has 0 aromatic heterocycles. The summed E-state index contributed by atoms with van der Waals surface area (Å²) in [5.74, 6) is 0. The summed E-state index contributed by atoms with van der Waals surface area (Å²) in [5.41, 5.74) is 0. The Morgan fingerprint density at radius 1 is 1.60 bits per heavy atom. The van der Waals surface area contributed by atoms with Gasteiger partial charge in [-0.2, -0.15) is 0 Å². The molecule has 0 radical (unpaired) electrons. The van der Waals surface area contributed by atoms with E-state index in [1.165, 1.54) is 0 Å². The van der Waals surface area contributed by atoms with Crippen molar-refractivity contribution in [3.05, 3.63) is 0 Å². The van der Waals surface area contributed by atoms with Crippen LogP contribution >= 0.6 is 0 Å². The third kappa shape index (κ3) is 4.83. The van der Waals surface area contributed by atoms with Gasteiger partial charge in [0.15, 0.2) is 0 Å². The van der Waals surface area contributed by atoms with Gasteiger partial charge in [0.1, 0.15) is 0 Å². The first-order chi connectivity index (χ1) is 2.27. The summed E-state index contributed by atoms with van der Waals surface area (Å²) in [6, 6.07) is 0. The van der Waals surface area contributed by atoms with Crippen molar-refractivity contribution in [2.75, 3.05) is 0 Å². The van der Waals surface area contributed by atoms with E-state index in [4.69, 9.17) is 2.85 Å². The first kappa shape index (κ1) is 5.83. The molecular weight excluding hydrogens is 231 g/mol.